The summed E-state index contributed by atoms with van der Waals surface area (Å²) in [5, 5.41) is 5.33. The van der Waals surface area contributed by atoms with Crippen LogP contribution in [0, 0.1) is 0 Å². The Balaban J connectivity index is 1.38. The molecule has 0 aliphatic carbocycles. The molecule has 0 saturated carbocycles. The van der Waals surface area contributed by atoms with E-state index in [1.54, 1.807) is 41.3 Å². The van der Waals surface area contributed by atoms with Crippen LogP contribution in [0.4, 0.5) is 11.4 Å². The number of piperidine rings is 1. The van der Waals surface area contributed by atoms with Crippen LogP contribution < -0.4 is 29.7 Å². The molecule has 0 aromatic heterocycles. The Bertz CT molecular complexity index is 1020. The molecule has 2 N–H and O–H groups in total. The molecule has 2 aliphatic heterocycles. The molecule has 2 aromatic carbocycles. The van der Waals surface area contributed by atoms with Gasteiger partial charge >= 0.3 is 0 Å². The Kier molecular flexibility index (Phi) is 5.92. The van der Waals surface area contributed by atoms with Gasteiger partial charge in [0.2, 0.25) is 18.6 Å². The summed E-state index contributed by atoms with van der Waals surface area (Å²) in [5.41, 5.74) is 1.50. The van der Waals surface area contributed by atoms with Gasteiger partial charge in [0.25, 0.3) is 5.91 Å². The van der Waals surface area contributed by atoms with E-state index < -0.39 is 11.8 Å². The number of methoxy groups -OCH3 is 1. The van der Waals surface area contributed by atoms with Crippen molar-refractivity contribution in [1.29, 1.82) is 0 Å². The summed E-state index contributed by atoms with van der Waals surface area (Å²) < 4.78 is 15.9. The van der Waals surface area contributed by atoms with Crippen molar-refractivity contribution in [2.75, 3.05) is 37.2 Å². The lowest BCUT2D eigenvalue weighted by molar-refractivity contribution is -0.119. The zero-order valence-corrected chi connectivity index (χ0v) is 17.1. The molecule has 0 radical (unpaired) electrons. The van der Waals surface area contributed by atoms with Crippen LogP contribution in [0.5, 0.6) is 17.2 Å². The number of hydrogen-bond acceptors (Lipinski definition) is 6. The third-order valence-corrected chi connectivity index (χ3v) is 5.12. The third-order valence-electron chi connectivity index (χ3n) is 5.12. The van der Waals surface area contributed by atoms with Gasteiger partial charge in [0.1, 0.15) is 5.75 Å². The standard InChI is InChI=1S/C22H23N3O6/c1-29-17-8-6-15(11-16(17)25-9-3-2-4-21(25)27)24-20(26)12-23-22(28)14-5-7-18-19(10-14)31-13-30-18/h5-8,10-11H,2-4,9,12-13H2,1H3,(H,23,28)(H,24,26). The summed E-state index contributed by atoms with van der Waals surface area (Å²) in [6.45, 7) is 0.519. The van der Waals surface area contributed by atoms with Gasteiger partial charge in [-0.2, -0.15) is 0 Å². The summed E-state index contributed by atoms with van der Waals surface area (Å²) in [4.78, 5) is 38.7. The Morgan fingerprint density at radius 2 is 1.94 bits per heavy atom. The monoisotopic (exact) mass is 425 g/mol. The number of carbonyl (C=O) groups excluding carboxylic acids is 3. The molecule has 2 aliphatic rings. The average molecular weight is 425 g/mol. The van der Waals surface area contributed by atoms with Gasteiger partial charge in [-0.1, -0.05) is 0 Å². The molecule has 0 bridgehead atoms. The van der Waals surface area contributed by atoms with Crippen molar-refractivity contribution in [3.8, 4) is 17.2 Å². The predicted molar refractivity (Wildman–Crippen MR) is 113 cm³/mol. The Hall–Kier alpha value is -3.75. The Morgan fingerprint density at radius 1 is 1.10 bits per heavy atom. The minimum Gasteiger partial charge on any atom is -0.495 e. The van der Waals surface area contributed by atoms with Crippen molar-refractivity contribution in [2.45, 2.75) is 19.3 Å². The Morgan fingerprint density at radius 3 is 2.74 bits per heavy atom. The molecule has 4 rings (SSSR count). The van der Waals surface area contributed by atoms with Crippen LogP contribution in [0.2, 0.25) is 0 Å². The number of amides is 3. The Labute approximate surface area is 179 Å². The molecule has 2 heterocycles. The summed E-state index contributed by atoms with van der Waals surface area (Å²) in [5.74, 6) is 0.873. The van der Waals surface area contributed by atoms with E-state index in [1.807, 2.05) is 0 Å². The van der Waals surface area contributed by atoms with E-state index in [0.29, 0.717) is 47.2 Å². The SMILES string of the molecule is COc1ccc(NC(=O)CNC(=O)c2ccc3c(c2)OCO3)cc1N1CCCCC1=O. The summed E-state index contributed by atoms with van der Waals surface area (Å²) in [7, 11) is 1.54. The molecule has 1 fully saturated rings. The number of fused-ring (bicyclic) bond motifs is 1. The van der Waals surface area contributed by atoms with Crippen molar-refractivity contribution in [3.05, 3.63) is 42.0 Å². The molecule has 9 heteroatoms. The first-order valence-electron chi connectivity index (χ1n) is 10.0. The van der Waals surface area contributed by atoms with E-state index in [0.717, 1.165) is 12.8 Å². The van der Waals surface area contributed by atoms with Crippen LogP contribution in [0.1, 0.15) is 29.6 Å². The average Bonchev–Trinajstić information content (AvgIpc) is 3.26. The molecular formula is C22H23N3O6. The molecule has 0 spiro atoms. The lowest BCUT2D eigenvalue weighted by Gasteiger charge is -2.28. The number of rotatable bonds is 6. The van der Waals surface area contributed by atoms with E-state index in [2.05, 4.69) is 10.6 Å². The normalized spacial score (nSPS) is 14.9. The molecule has 162 valence electrons. The van der Waals surface area contributed by atoms with E-state index in [-0.39, 0.29) is 19.2 Å². The van der Waals surface area contributed by atoms with Crippen molar-refractivity contribution in [2.24, 2.45) is 0 Å². The second-order valence-corrected chi connectivity index (χ2v) is 7.19. The van der Waals surface area contributed by atoms with Crippen LogP contribution in [-0.2, 0) is 9.59 Å². The summed E-state index contributed by atoms with van der Waals surface area (Å²) in [6.07, 6.45) is 2.28. The largest absolute Gasteiger partial charge is 0.495 e. The van der Waals surface area contributed by atoms with Gasteiger partial charge in [0.05, 0.1) is 19.3 Å². The molecule has 9 nitrogen and oxygen atoms in total. The van der Waals surface area contributed by atoms with Gasteiger partial charge in [0.15, 0.2) is 11.5 Å². The molecule has 1 saturated heterocycles. The van der Waals surface area contributed by atoms with E-state index in [1.165, 1.54) is 7.11 Å². The highest BCUT2D eigenvalue weighted by atomic mass is 16.7. The third kappa shape index (κ3) is 4.55. The van der Waals surface area contributed by atoms with Gasteiger partial charge in [-0.05, 0) is 49.2 Å². The first-order chi connectivity index (χ1) is 15.0. The minimum atomic E-state index is -0.400. The zero-order valence-electron chi connectivity index (χ0n) is 17.1. The van der Waals surface area contributed by atoms with Crippen LogP contribution >= 0.6 is 0 Å². The lowest BCUT2D eigenvalue weighted by Crippen LogP contribution is -2.35. The lowest BCUT2D eigenvalue weighted by atomic mass is 10.1. The summed E-state index contributed by atoms with van der Waals surface area (Å²) in [6, 6.07) is 9.93. The highest BCUT2D eigenvalue weighted by Crippen LogP contribution is 2.34. The van der Waals surface area contributed by atoms with Crippen molar-refractivity contribution in [1.82, 2.24) is 5.32 Å². The highest BCUT2D eigenvalue weighted by Gasteiger charge is 2.23. The smallest absolute Gasteiger partial charge is 0.251 e. The molecule has 2 aromatic rings. The topological polar surface area (TPSA) is 106 Å². The maximum Gasteiger partial charge on any atom is 0.251 e. The van der Waals surface area contributed by atoms with Crippen molar-refractivity contribution in [3.63, 3.8) is 0 Å². The summed E-state index contributed by atoms with van der Waals surface area (Å²) >= 11 is 0. The predicted octanol–water partition coefficient (Wildman–Crippen LogP) is 2.31. The van der Waals surface area contributed by atoms with Gasteiger partial charge < -0.3 is 29.7 Å². The second kappa shape index (κ2) is 8.95. The fourth-order valence-corrected chi connectivity index (χ4v) is 3.54. The number of hydrogen-bond donors (Lipinski definition) is 2. The van der Waals surface area contributed by atoms with Gasteiger partial charge in [-0.15, -0.1) is 0 Å². The number of carbonyl (C=O) groups is 3. The molecule has 0 atom stereocenters. The van der Waals surface area contributed by atoms with Gasteiger partial charge in [0, 0.05) is 24.2 Å². The number of benzene rings is 2. The van der Waals surface area contributed by atoms with Gasteiger partial charge in [-0.25, -0.2) is 0 Å². The van der Waals surface area contributed by atoms with Crippen LogP contribution in [0.3, 0.4) is 0 Å². The number of ether oxygens (including phenoxy) is 3. The number of nitrogens with one attached hydrogen (secondary N) is 2. The van der Waals surface area contributed by atoms with Crippen LogP contribution in [0.15, 0.2) is 36.4 Å². The van der Waals surface area contributed by atoms with E-state index in [4.69, 9.17) is 14.2 Å². The van der Waals surface area contributed by atoms with Gasteiger partial charge in [-0.3, -0.25) is 14.4 Å². The van der Waals surface area contributed by atoms with Crippen LogP contribution in [-0.4, -0.2) is 44.7 Å². The molecule has 31 heavy (non-hydrogen) atoms. The van der Waals surface area contributed by atoms with Crippen molar-refractivity contribution >= 4 is 29.1 Å². The quantitative estimate of drug-likeness (QED) is 0.736. The maximum absolute atomic E-state index is 12.4. The second-order valence-electron chi connectivity index (χ2n) is 7.19. The number of nitrogens with zero attached hydrogens (tertiary/aromatic N) is 1. The first kappa shape index (κ1) is 20.5. The fourth-order valence-electron chi connectivity index (χ4n) is 3.54. The zero-order chi connectivity index (χ0) is 21.8. The van der Waals surface area contributed by atoms with Crippen LogP contribution in [0.25, 0.3) is 0 Å². The first-order valence-corrected chi connectivity index (χ1v) is 10.0. The maximum atomic E-state index is 12.4. The van der Waals surface area contributed by atoms with Crippen molar-refractivity contribution < 1.29 is 28.6 Å². The molecule has 3 amide bonds. The molecular weight excluding hydrogens is 402 g/mol. The van der Waals surface area contributed by atoms with E-state index in [9.17, 15) is 14.4 Å². The fraction of sp³-hybridized carbons (Fsp3) is 0.318. The number of anilines is 2. The minimum absolute atomic E-state index is 0.0315. The molecule has 0 unspecified atom stereocenters. The highest BCUT2D eigenvalue weighted by molar-refractivity contribution is 6.01. The van der Waals surface area contributed by atoms with E-state index >= 15 is 0 Å².